The fraction of sp³-hybridized carbons (Fsp3) is 0.130. The number of nitrogens with zero attached hydrogens (tertiary/aromatic N) is 3. The van der Waals surface area contributed by atoms with Gasteiger partial charge in [0.25, 0.3) is 11.1 Å². The number of nitrogens with one attached hydrogen (secondary N) is 1. The van der Waals surface area contributed by atoms with Gasteiger partial charge < -0.3 is 9.72 Å². The third-order valence-corrected chi connectivity index (χ3v) is 6.92. The summed E-state index contributed by atoms with van der Waals surface area (Å²) >= 11 is 2.74. The van der Waals surface area contributed by atoms with Crippen molar-refractivity contribution in [2.45, 2.75) is 17.5 Å². The SMILES string of the molecule is COc1ccc(Cn2c(SCc3nc4ccsc4c(=O)[nH]3)nc3ccccc3c2=O)cc1. The fourth-order valence-corrected chi connectivity index (χ4v) is 5.03. The summed E-state index contributed by atoms with van der Waals surface area (Å²) in [6, 6.07) is 16.7. The van der Waals surface area contributed by atoms with Crippen LogP contribution in [0.3, 0.4) is 0 Å². The molecular weight excluding hydrogens is 444 g/mol. The molecule has 0 fully saturated rings. The van der Waals surface area contributed by atoms with Crippen molar-refractivity contribution in [1.29, 1.82) is 0 Å². The summed E-state index contributed by atoms with van der Waals surface area (Å²) in [7, 11) is 1.62. The third kappa shape index (κ3) is 3.92. The molecule has 0 saturated heterocycles. The third-order valence-electron chi connectivity index (χ3n) is 5.03. The Morgan fingerprint density at radius 3 is 2.66 bits per heavy atom. The van der Waals surface area contributed by atoms with Gasteiger partial charge in [0.1, 0.15) is 16.3 Å². The largest absolute Gasteiger partial charge is 0.497 e. The van der Waals surface area contributed by atoms with Crippen LogP contribution < -0.4 is 15.9 Å². The molecule has 3 heterocycles. The number of hydrogen-bond acceptors (Lipinski definition) is 7. The number of fused-ring (bicyclic) bond motifs is 2. The molecule has 2 aromatic carbocycles. The number of rotatable bonds is 6. The van der Waals surface area contributed by atoms with Crippen LogP contribution in [0.25, 0.3) is 21.1 Å². The zero-order valence-electron chi connectivity index (χ0n) is 17.1. The standard InChI is InChI=1S/C23H18N4O3S2/c1-30-15-8-6-14(7-9-15)12-27-22(29)16-4-2-3-5-17(16)25-23(27)32-13-19-24-18-10-11-31-20(18)21(28)26-19/h2-11H,12-13H2,1H3,(H,24,26,28). The van der Waals surface area contributed by atoms with Gasteiger partial charge in [0, 0.05) is 0 Å². The maximum atomic E-state index is 13.3. The molecule has 0 unspecified atom stereocenters. The van der Waals surface area contributed by atoms with Gasteiger partial charge in [-0.15, -0.1) is 11.3 Å². The number of ether oxygens (including phenoxy) is 1. The highest BCUT2D eigenvalue weighted by atomic mass is 32.2. The van der Waals surface area contributed by atoms with Crippen molar-refractivity contribution in [2.24, 2.45) is 0 Å². The summed E-state index contributed by atoms with van der Waals surface area (Å²) in [5.41, 5.74) is 2.02. The van der Waals surface area contributed by atoms with E-state index in [4.69, 9.17) is 9.72 Å². The molecule has 9 heteroatoms. The van der Waals surface area contributed by atoms with Gasteiger partial charge in [-0.2, -0.15) is 0 Å². The number of aromatic amines is 1. The minimum Gasteiger partial charge on any atom is -0.497 e. The van der Waals surface area contributed by atoms with Gasteiger partial charge in [0.2, 0.25) is 0 Å². The number of para-hydroxylation sites is 1. The summed E-state index contributed by atoms with van der Waals surface area (Å²) in [6.45, 7) is 0.372. The monoisotopic (exact) mass is 462 g/mol. The summed E-state index contributed by atoms with van der Waals surface area (Å²) < 4.78 is 7.50. The van der Waals surface area contributed by atoms with E-state index in [2.05, 4.69) is 9.97 Å². The highest BCUT2D eigenvalue weighted by molar-refractivity contribution is 7.98. The Morgan fingerprint density at radius 1 is 1.03 bits per heavy atom. The molecule has 0 bridgehead atoms. The van der Waals surface area contributed by atoms with Crippen LogP contribution in [0.1, 0.15) is 11.4 Å². The van der Waals surface area contributed by atoms with E-state index in [1.165, 1.54) is 23.1 Å². The number of H-pyrrole nitrogens is 1. The quantitative estimate of drug-likeness (QED) is 0.303. The second-order valence-corrected chi connectivity index (χ2v) is 8.95. The van der Waals surface area contributed by atoms with Gasteiger partial charge in [0.15, 0.2) is 5.16 Å². The van der Waals surface area contributed by atoms with Crippen molar-refractivity contribution >= 4 is 44.2 Å². The predicted molar refractivity (Wildman–Crippen MR) is 128 cm³/mol. The van der Waals surface area contributed by atoms with Crippen LogP contribution in [0.5, 0.6) is 5.75 Å². The zero-order chi connectivity index (χ0) is 22.1. The first-order valence-corrected chi connectivity index (χ1v) is 11.7. The Morgan fingerprint density at radius 2 is 1.84 bits per heavy atom. The Labute approximate surface area is 190 Å². The number of thioether (sulfide) groups is 1. The summed E-state index contributed by atoms with van der Waals surface area (Å²) in [4.78, 5) is 37.7. The number of aromatic nitrogens is 4. The normalized spacial score (nSPS) is 11.3. The molecular formula is C23H18N4O3S2. The number of thiophene rings is 1. The summed E-state index contributed by atoms with van der Waals surface area (Å²) in [6.07, 6.45) is 0. The van der Waals surface area contributed by atoms with Crippen LogP contribution in [0, 0.1) is 0 Å². The molecule has 5 aromatic rings. The number of benzene rings is 2. The van der Waals surface area contributed by atoms with Gasteiger partial charge in [-0.25, -0.2) is 9.97 Å². The minimum atomic E-state index is -0.150. The second-order valence-electron chi connectivity index (χ2n) is 7.09. The Hall–Kier alpha value is -3.43. The van der Waals surface area contributed by atoms with Gasteiger partial charge in [-0.05, 0) is 41.3 Å². The highest BCUT2D eigenvalue weighted by Crippen LogP contribution is 2.23. The Kier molecular flexibility index (Phi) is 5.50. The molecule has 0 radical (unpaired) electrons. The van der Waals surface area contributed by atoms with Crippen molar-refractivity contribution in [3.63, 3.8) is 0 Å². The lowest BCUT2D eigenvalue weighted by atomic mass is 10.2. The smallest absolute Gasteiger partial charge is 0.268 e. The van der Waals surface area contributed by atoms with Gasteiger partial charge in [-0.3, -0.25) is 14.2 Å². The Balaban J connectivity index is 1.53. The first-order chi connectivity index (χ1) is 15.6. The van der Waals surface area contributed by atoms with E-state index in [-0.39, 0.29) is 11.1 Å². The van der Waals surface area contributed by atoms with Crippen LogP contribution in [0.2, 0.25) is 0 Å². The van der Waals surface area contributed by atoms with Crippen molar-refractivity contribution in [2.75, 3.05) is 7.11 Å². The molecule has 7 nitrogen and oxygen atoms in total. The van der Waals surface area contributed by atoms with Crippen LogP contribution in [-0.2, 0) is 12.3 Å². The van der Waals surface area contributed by atoms with E-state index < -0.39 is 0 Å². The molecule has 0 aliphatic carbocycles. The average molecular weight is 463 g/mol. The number of hydrogen-bond donors (Lipinski definition) is 1. The van der Waals surface area contributed by atoms with Gasteiger partial charge in [0.05, 0.1) is 35.8 Å². The number of methoxy groups -OCH3 is 1. The molecule has 3 aromatic heterocycles. The van der Waals surface area contributed by atoms with Gasteiger partial charge in [-0.1, -0.05) is 36.0 Å². The maximum absolute atomic E-state index is 13.3. The van der Waals surface area contributed by atoms with E-state index >= 15 is 0 Å². The molecule has 160 valence electrons. The predicted octanol–water partition coefficient (Wildman–Crippen LogP) is 4.04. The first-order valence-electron chi connectivity index (χ1n) is 9.84. The molecule has 0 amide bonds. The van der Waals surface area contributed by atoms with Crippen LogP contribution in [0.4, 0.5) is 0 Å². The van der Waals surface area contributed by atoms with Crippen molar-refractivity contribution < 1.29 is 4.74 Å². The molecule has 32 heavy (non-hydrogen) atoms. The molecule has 0 spiro atoms. The Bertz CT molecular complexity index is 1540. The van der Waals surface area contributed by atoms with Crippen molar-refractivity contribution in [1.82, 2.24) is 19.5 Å². The highest BCUT2D eigenvalue weighted by Gasteiger charge is 2.14. The summed E-state index contributed by atoms with van der Waals surface area (Å²) in [5, 5.41) is 2.98. The topological polar surface area (TPSA) is 89.9 Å². The first kappa shape index (κ1) is 20.5. The lowest BCUT2D eigenvalue weighted by Gasteiger charge is -2.13. The molecule has 0 saturated carbocycles. The average Bonchev–Trinajstić information content (AvgIpc) is 3.30. The minimum absolute atomic E-state index is 0.108. The second kappa shape index (κ2) is 8.60. The van der Waals surface area contributed by atoms with E-state index in [0.29, 0.717) is 44.4 Å². The fourth-order valence-electron chi connectivity index (χ4n) is 3.43. The maximum Gasteiger partial charge on any atom is 0.268 e. The van der Waals surface area contributed by atoms with Crippen molar-refractivity contribution in [3.8, 4) is 5.75 Å². The van der Waals surface area contributed by atoms with Crippen molar-refractivity contribution in [3.05, 3.63) is 92.1 Å². The van der Waals surface area contributed by atoms with E-state index in [9.17, 15) is 9.59 Å². The summed E-state index contributed by atoms with van der Waals surface area (Å²) in [5.74, 6) is 1.68. The van der Waals surface area contributed by atoms with E-state index in [0.717, 1.165) is 11.3 Å². The van der Waals surface area contributed by atoms with E-state index in [1.807, 2.05) is 53.9 Å². The van der Waals surface area contributed by atoms with Crippen LogP contribution >= 0.6 is 23.1 Å². The molecule has 0 aliphatic heterocycles. The lowest BCUT2D eigenvalue weighted by Crippen LogP contribution is -2.24. The molecule has 0 aliphatic rings. The molecule has 5 rings (SSSR count). The molecule has 1 N–H and O–H groups in total. The van der Waals surface area contributed by atoms with Gasteiger partial charge >= 0.3 is 0 Å². The molecule has 0 atom stereocenters. The van der Waals surface area contributed by atoms with E-state index in [1.54, 1.807) is 17.7 Å². The lowest BCUT2D eigenvalue weighted by molar-refractivity contribution is 0.414. The van der Waals surface area contributed by atoms with Crippen LogP contribution in [0.15, 0.2) is 74.7 Å². The van der Waals surface area contributed by atoms with Crippen LogP contribution in [-0.4, -0.2) is 26.6 Å². The zero-order valence-corrected chi connectivity index (χ0v) is 18.7.